The van der Waals surface area contributed by atoms with Crippen molar-refractivity contribution in [1.82, 2.24) is 4.98 Å². The number of hydrogen-bond donors (Lipinski definition) is 1. The van der Waals surface area contributed by atoms with Crippen molar-refractivity contribution in [2.75, 3.05) is 0 Å². The van der Waals surface area contributed by atoms with Crippen LogP contribution in [0.15, 0.2) is 70.6 Å². The number of aromatic amines is 1. The molecule has 3 aromatic rings. The number of rotatable bonds is 4. The van der Waals surface area contributed by atoms with Crippen LogP contribution in [0.25, 0.3) is 0 Å². The molecule has 0 aliphatic rings. The number of nitrogens with zero attached hydrogens (tertiary/aromatic N) is 2. The molecular formula is C25H29N3. The van der Waals surface area contributed by atoms with E-state index in [1.807, 2.05) is 38.1 Å². The molecule has 1 heterocycles. The maximum atomic E-state index is 4.91. The summed E-state index contributed by atoms with van der Waals surface area (Å²) in [6.07, 6.45) is 0. The van der Waals surface area contributed by atoms with Gasteiger partial charge in [-0.1, -0.05) is 57.2 Å². The van der Waals surface area contributed by atoms with E-state index in [4.69, 9.17) is 9.98 Å². The maximum Gasteiger partial charge on any atom is 0.0671 e. The SMILES string of the molecule is CC(=Nc1ccccc1C)c1ccc(C(C)=Nc2ccccc2C(C)(C)C)[nH]1. The zero-order valence-electron chi connectivity index (χ0n) is 17.7. The molecule has 144 valence electrons. The third-order valence-corrected chi connectivity index (χ3v) is 4.87. The van der Waals surface area contributed by atoms with Gasteiger partial charge in [-0.2, -0.15) is 0 Å². The van der Waals surface area contributed by atoms with Gasteiger partial charge in [0.15, 0.2) is 0 Å². The second-order valence-electron chi connectivity index (χ2n) is 8.23. The Labute approximate surface area is 168 Å². The van der Waals surface area contributed by atoms with Crippen LogP contribution in [0.1, 0.15) is 57.1 Å². The van der Waals surface area contributed by atoms with Crippen LogP contribution < -0.4 is 0 Å². The van der Waals surface area contributed by atoms with E-state index in [1.54, 1.807) is 0 Å². The molecule has 0 amide bonds. The smallest absolute Gasteiger partial charge is 0.0671 e. The molecule has 3 nitrogen and oxygen atoms in total. The van der Waals surface area contributed by atoms with Crippen LogP contribution in [0, 0.1) is 6.92 Å². The predicted octanol–water partition coefficient (Wildman–Crippen LogP) is 6.90. The Morgan fingerprint density at radius 1 is 0.714 bits per heavy atom. The molecular weight excluding hydrogens is 342 g/mol. The fourth-order valence-electron chi connectivity index (χ4n) is 3.19. The van der Waals surface area contributed by atoms with Gasteiger partial charge >= 0.3 is 0 Å². The van der Waals surface area contributed by atoms with E-state index in [1.165, 1.54) is 11.1 Å². The Hall–Kier alpha value is -2.94. The van der Waals surface area contributed by atoms with E-state index >= 15 is 0 Å². The van der Waals surface area contributed by atoms with Crippen molar-refractivity contribution in [1.29, 1.82) is 0 Å². The van der Waals surface area contributed by atoms with Gasteiger partial charge in [0.25, 0.3) is 0 Å². The first-order valence-corrected chi connectivity index (χ1v) is 9.71. The highest BCUT2D eigenvalue weighted by Crippen LogP contribution is 2.31. The number of H-pyrrole nitrogens is 1. The van der Waals surface area contributed by atoms with E-state index in [9.17, 15) is 0 Å². The summed E-state index contributed by atoms with van der Waals surface area (Å²) in [4.78, 5) is 13.2. The van der Waals surface area contributed by atoms with Crippen LogP contribution in [0.3, 0.4) is 0 Å². The van der Waals surface area contributed by atoms with Gasteiger partial charge < -0.3 is 4.98 Å². The van der Waals surface area contributed by atoms with Crippen LogP contribution in [0.4, 0.5) is 11.4 Å². The lowest BCUT2D eigenvalue weighted by Gasteiger charge is -2.21. The van der Waals surface area contributed by atoms with E-state index < -0.39 is 0 Å². The highest BCUT2D eigenvalue weighted by atomic mass is 14.8. The highest BCUT2D eigenvalue weighted by molar-refractivity contribution is 6.03. The van der Waals surface area contributed by atoms with Crippen molar-refractivity contribution in [2.45, 2.75) is 47.0 Å². The Bertz CT molecular complexity index is 1030. The number of aryl methyl sites for hydroxylation is 1. The summed E-state index contributed by atoms with van der Waals surface area (Å²) in [5, 5.41) is 0. The molecule has 0 aliphatic heterocycles. The van der Waals surface area contributed by atoms with Gasteiger partial charge in [0, 0.05) is 0 Å². The van der Waals surface area contributed by atoms with E-state index in [-0.39, 0.29) is 5.41 Å². The normalized spacial score (nSPS) is 13.1. The van der Waals surface area contributed by atoms with Crippen molar-refractivity contribution in [3.8, 4) is 0 Å². The first-order chi connectivity index (χ1) is 13.3. The average molecular weight is 372 g/mol. The topological polar surface area (TPSA) is 40.5 Å². The Balaban J connectivity index is 1.90. The largest absolute Gasteiger partial charge is 0.353 e. The van der Waals surface area contributed by atoms with Crippen molar-refractivity contribution < 1.29 is 0 Å². The zero-order chi connectivity index (χ0) is 20.3. The van der Waals surface area contributed by atoms with Gasteiger partial charge in [-0.25, -0.2) is 0 Å². The zero-order valence-corrected chi connectivity index (χ0v) is 17.7. The van der Waals surface area contributed by atoms with Crippen molar-refractivity contribution in [3.05, 3.63) is 83.2 Å². The summed E-state index contributed by atoms with van der Waals surface area (Å²) in [6, 6.07) is 20.7. The molecule has 0 saturated heterocycles. The van der Waals surface area contributed by atoms with Crippen LogP contribution in [-0.4, -0.2) is 16.4 Å². The molecule has 2 aromatic carbocycles. The minimum Gasteiger partial charge on any atom is -0.353 e. The molecule has 0 atom stereocenters. The number of aliphatic imine (C=N–C) groups is 2. The Morgan fingerprint density at radius 2 is 1.21 bits per heavy atom. The Kier molecular flexibility index (Phi) is 5.64. The molecule has 28 heavy (non-hydrogen) atoms. The average Bonchev–Trinajstić information content (AvgIpc) is 3.14. The molecule has 1 aromatic heterocycles. The molecule has 3 heteroatoms. The second-order valence-corrected chi connectivity index (χ2v) is 8.23. The maximum absolute atomic E-state index is 4.91. The molecule has 0 bridgehead atoms. The standard InChI is InChI=1S/C25H29N3/c1-17-11-7-9-13-21(17)26-18(2)22-15-16-23(28-22)19(3)27-24-14-10-8-12-20(24)25(4,5)6/h7-16,28H,1-6H3. The summed E-state index contributed by atoms with van der Waals surface area (Å²) in [5.74, 6) is 0. The highest BCUT2D eigenvalue weighted by Gasteiger charge is 2.17. The number of hydrogen-bond acceptors (Lipinski definition) is 2. The van der Waals surface area contributed by atoms with Crippen LogP contribution >= 0.6 is 0 Å². The monoisotopic (exact) mass is 371 g/mol. The van der Waals surface area contributed by atoms with Gasteiger partial charge in [0.2, 0.25) is 0 Å². The molecule has 0 fully saturated rings. The van der Waals surface area contributed by atoms with E-state index in [0.717, 1.165) is 34.2 Å². The minimum atomic E-state index is 0.0536. The Morgan fingerprint density at radius 3 is 1.79 bits per heavy atom. The number of para-hydroxylation sites is 2. The molecule has 0 saturated carbocycles. The predicted molar refractivity (Wildman–Crippen MR) is 121 cm³/mol. The summed E-state index contributed by atoms with van der Waals surface area (Å²) in [7, 11) is 0. The molecule has 0 spiro atoms. The molecule has 0 radical (unpaired) electrons. The lowest BCUT2D eigenvalue weighted by atomic mass is 9.86. The summed E-state index contributed by atoms with van der Waals surface area (Å²) >= 11 is 0. The molecule has 0 aliphatic carbocycles. The third kappa shape index (κ3) is 4.48. The van der Waals surface area contributed by atoms with Crippen LogP contribution in [0.5, 0.6) is 0 Å². The van der Waals surface area contributed by atoms with Crippen molar-refractivity contribution in [3.63, 3.8) is 0 Å². The number of nitrogens with one attached hydrogen (secondary N) is 1. The van der Waals surface area contributed by atoms with Gasteiger partial charge in [0.1, 0.15) is 0 Å². The summed E-state index contributed by atoms with van der Waals surface area (Å²) in [5.41, 5.74) is 8.45. The lowest BCUT2D eigenvalue weighted by Crippen LogP contribution is -2.11. The molecule has 3 rings (SSSR count). The van der Waals surface area contributed by atoms with Gasteiger partial charge in [0.05, 0.1) is 34.2 Å². The lowest BCUT2D eigenvalue weighted by molar-refractivity contribution is 0.591. The van der Waals surface area contributed by atoms with Gasteiger partial charge in [-0.05, 0) is 61.6 Å². The van der Waals surface area contributed by atoms with E-state index in [2.05, 4.69) is 69.1 Å². The second kappa shape index (κ2) is 7.97. The van der Waals surface area contributed by atoms with Gasteiger partial charge in [-0.3, -0.25) is 9.98 Å². The number of aromatic nitrogens is 1. The third-order valence-electron chi connectivity index (χ3n) is 4.87. The quantitative estimate of drug-likeness (QED) is 0.485. The fraction of sp³-hybridized carbons (Fsp3) is 0.280. The first kappa shape index (κ1) is 19.8. The van der Waals surface area contributed by atoms with Crippen LogP contribution in [-0.2, 0) is 5.41 Å². The fourth-order valence-corrected chi connectivity index (χ4v) is 3.19. The summed E-state index contributed by atoms with van der Waals surface area (Å²) in [6.45, 7) is 12.8. The minimum absolute atomic E-state index is 0.0536. The number of benzene rings is 2. The first-order valence-electron chi connectivity index (χ1n) is 9.71. The molecule has 0 unspecified atom stereocenters. The summed E-state index contributed by atoms with van der Waals surface area (Å²) < 4.78 is 0. The van der Waals surface area contributed by atoms with E-state index in [0.29, 0.717) is 0 Å². The van der Waals surface area contributed by atoms with Crippen molar-refractivity contribution in [2.24, 2.45) is 9.98 Å². The van der Waals surface area contributed by atoms with Gasteiger partial charge in [-0.15, -0.1) is 0 Å². The molecule has 1 N–H and O–H groups in total. The van der Waals surface area contributed by atoms with Crippen LogP contribution in [0.2, 0.25) is 0 Å². The van der Waals surface area contributed by atoms with Crippen molar-refractivity contribution >= 4 is 22.8 Å².